The minimum Gasteiger partial charge on any atom is -0.469 e. The van der Waals surface area contributed by atoms with Crippen molar-refractivity contribution < 1.29 is 9.53 Å². The quantitative estimate of drug-likeness (QED) is 0.780. The van der Waals surface area contributed by atoms with Crippen molar-refractivity contribution in [2.75, 3.05) is 7.11 Å². The average Bonchev–Trinajstić information content (AvgIpc) is 2.86. The zero-order chi connectivity index (χ0) is 12.1. The number of carbonyl (C=O) groups excluding carboxylic acids is 1. The van der Waals surface area contributed by atoms with Crippen LogP contribution in [0.15, 0.2) is 35.7 Å². The second-order valence-corrected chi connectivity index (χ2v) is 4.44. The highest BCUT2D eigenvalue weighted by atomic mass is 32.1. The van der Waals surface area contributed by atoms with Crippen LogP contribution in [0.2, 0.25) is 0 Å². The molecule has 4 heteroatoms. The van der Waals surface area contributed by atoms with Crippen molar-refractivity contribution >= 4 is 17.3 Å². The van der Waals surface area contributed by atoms with Crippen molar-refractivity contribution in [2.24, 2.45) is 0 Å². The van der Waals surface area contributed by atoms with Gasteiger partial charge in [0.2, 0.25) is 0 Å². The van der Waals surface area contributed by atoms with Crippen LogP contribution in [0.25, 0.3) is 10.6 Å². The van der Waals surface area contributed by atoms with Crippen molar-refractivity contribution in [3.63, 3.8) is 0 Å². The fourth-order valence-electron chi connectivity index (χ4n) is 1.47. The summed E-state index contributed by atoms with van der Waals surface area (Å²) in [5.41, 5.74) is 2.06. The molecule has 0 fully saturated rings. The van der Waals surface area contributed by atoms with Crippen LogP contribution in [0.1, 0.15) is 12.1 Å². The van der Waals surface area contributed by atoms with Gasteiger partial charge in [0, 0.05) is 17.4 Å². The molecule has 1 aromatic heterocycles. The summed E-state index contributed by atoms with van der Waals surface area (Å²) in [6, 6.07) is 10.0. The number of hydrogen-bond donors (Lipinski definition) is 0. The van der Waals surface area contributed by atoms with Gasteiger partial charge in [-0.3, -0.25) is 4.79 Å². The Kier molecular flexibility index (Phi) is 3.88. The first-order valence-electron chi connectivity index (χ1n) is 5.36. The number of esters is 1. The maximum Gasteiger partial charge on any atom is 0.305 e. The number of nitrogens with zero attached hydrogens (tertiary/aromatic N) is 1. The molecule has 17 heavy (non-hydrogen) atoms. The first-order chi connectivity index (χ1) is 8.29. The van der Waals surface area contributed by atoms with Crippen LogP contribution in [-0.4, -0.2) is 18.1 Å². The molecule has 0 spiro atoms. The highest BCUT2D eigenvalue weighted by molar-refractivity contribution is 7.13. The zero-order valence-corrected chi connectivity index (χ0v) is 10.4. The van der Waals surface area contributed by atoms with Gasteiger partial charge in [-0.05, 0) is 0 Å². The van der Waals surface area contributed by atoms with Crippen LogP contribution in [0, 0.1) is 0 Å². The number of aryl methyl sites for hydroxylation is 1. The Bertz CT molecular complexity index is 493. The molecule has 0 saturated carbocycles. The molecule has 0 saturated heterocycles. The van der Waals surface area contributed by atoms with E-state index in [1.165, 1.54) is 7.11 Å². The third-order valence-electron chi connectivity index (χ3n) is 2.39. The van der Waals surface area contributed by atoms with E-state index in [0.717, 1.165) is 16.3 Å². The Balaban J connectivity index is 2.04. The van der Waals surface area contributed by atoms with Crippen LogP contribution in [-0.2, 0) is 16.0 Å². The van der Waals surface area contributed by atoms with Crippen molar-refractivity contribution in [2.45, 2.75) is 12.8 Å². The van der Waals surface area contributed by atoms with Gasteiger partial charge in [-0.15, -0.1) is 11.3 Å². The lowest BCUT2D eigenvalue weighted by Gasteiger charge is -1.96. The molecule has 3 nitrogen and oxygen atoms in total. The largest absolute Gasteiger partial charge is 0.469 e. The van der Waals surface area contributed by atoms with E-state index in [9.17, 15) is 4.79 Å². The monoisotopic (exact) mass is 247 g/mol. The van der Waals surface area contributed by atoms with Gasteiger partial charge in [0.1, 0.15) is 5.01 Å². The maximum atomic E-state index is 11.0. The molecular formula is C13H13NO2S. The molecule has 0 aliphatic rings. The topological polar surface area (TPSA) is 39.2 Å². The molecule has 0 aliphatic carbocycles. The smallest absolute Gasteiger partial charge is 0.305 e. The van der Waals surface area contributed by atoms with E-state index in [2.05, 4.69) is 9.72 Å². The first-order valence-corrected chi connectivity index (χ1v) is 6.24. The fraction of sp³-hybridized carbons (Fsp3) is 0.231. The number of hydrogen-bond acceptors (Lipinski definition) is 4. The molecule has 0 unspecified atom stereocenters. The van der Waals surface area contributed by atoms with Crippen molar-refractivity contribution in [1.29, 1.82) is 0 Å². The number of rotatable bonds is 4. The molecule has 88 valence electrons. The molecule has 0 aliphatic heterocycles. The molecule has 0 bridgehead atoms. The summed E-state index contributed by atoms with van der Waals surface area (Å²) in [6.07, 6.45) is 1.02. The van der Waals surface area contributed by atoms with E-state index >= 15 is 0 Å². The Morgan fingerprint density at radius 1 is 1.35 bits per heavy atom. The van der Waals surface area contributed by atoms with Gasteiger partial charge >= 0.3 is 5.97 Å². The maximum absolute atomic E-state index is 11.0. The number of ether oxygens (including phenoxy) is 1. The second-order valence-electron chi connectivity index (χ2n) is 3.59. The van der Waals surface area contributed by atoms with Gasteiger partial charge in [0.05, 0.1) is 19.2 Å². The van der Waals surface area contributed by atoms with Crippen LogP contribution in [0.3, 0.4) is 0 Å². The molecule has 0 radical (unpaired) electrons. The van der Waals surface area contributed by atoms with Gasteiger partial charge in [-0.1, -0.05) is 30.3 Å². The van der Waals surface area contributed by atoms with Crippen LogP contribution >= 0.6 is 11.3 Å². The van der Waals surface area contributed by atoms with Crippen molar-refractivity contribution in [3.8, 4) is 10.6 Å². The van der Waals surface area contributed by atoms with E-state index in [-0.39, 0.29) is 5.97 Å². The minimum absolute atomic E-state index is 0.195. The first kappa shape index (κ1) is 11.8. The molecule has 1 aromatic carbocycles. The van der Waals surface area contributed by atoms with E-state index < -0.39 is 0 Å². The summed E-state index contributed by atoms with van der Waals surface area (Å²) in [5, 5.41) is 2.98. The summed E-state index contributed by atoms with van der Waals surface area (Å²) in [4.78, 5) is 15.5. The van der Waals surface area contributed by atoms with Crippen LogP contribution in [0.5, 0.6) is 0 Å². The fourth-order valence-corrected chi connectivity index (χ4v) is 2.33. The average molecular weight is 247 g/mol. The summed E-state index contributed by atoms with van der Waals surface area (Å²) >= 11 is 1.60. The Hall–Kier alpha value is -1.68. The van der Waals surface area contributed by atoms with Crippen molar-refractivity contribution in [3.05, 3.63) is 41.4 Å². The van der Waals surface area contributed by atoms with Gasteiger partial charge in [-0.25, -0.2) is 4.98 Å². The normalized spacial score (nSPS) is 10.2. The molecular weight excluding hydrogens is 234 g/mol. The second kappa shape index (κ2) is 5.59. The Morgan fingerprint density at radius 3 is 2.82 bits per heavy atom. The summed E-state index contributed by atoms with van der Waals surface area (Å²) in [6.45, 7) is 0. The van der Waals surface area contributed by atoms with Gasteiger partial charge in [0.25, 0.3) is 0 Å². The van der Waals surface area contributed by atoms with Crippen LogP contribution < -0.4 is 0 Å². The molecule has 2 aromatic rings. The van der Waals surface area contributed by atoms with E-state index in [1.54, 1.807) is 11.3 Å². The summed E-state index contributed by atoms with van der Waals surface area (Å²) in [7, 11) is 1.40. The predicted octanol–water partition coefficient (Wildman–Crippen LogP) is 2.92. The number of methoxy groups -OCH3 is 1. The summed E-state index contributed by atoms with van der Waals surface area (Å²) in [5.74, 6) is -0.195. The molecule has 1 heterocycles. The molecule has 0 amide bonds. The summed E-state index contributed by atoms with van der Waals surface area (Å²) < 4.78 is 4.60. The predicted molar refractivity (Wildman–Crippen MR) is 67.9 cm³/mol. The SMILES string of the molecule is COC(=O)CCc1csc(-c2ccccc2)n1. The highest BCUT2D eigenvalue weighted by Crippen LogP contribution is 2.23. The third-order valence-corrected chi connectivity index (χ3v) is 3.33. The standard InChI is InChI=1S/C13H13NO2S/c1-16-12(15)8-7-11-9-17-13(14-11)10-5-3-2-4-6-10/h2-6,9H,7-8H2,1H3. The van der Waals surface area contributed by atoms with Crippen molar-refractivity contribution in [1.82, 2.24) is 4.98 Å². The molecule has 0 N–H and O–H groups in total. The number of benzene rings is 1. The van der Waals surface area contributed by atoms with Gasteiger partial charge < -0.3 is 4.74 Å². The van der Waals surface area contributed by atoms with E-state index in [4.69, 9.17) is 0 Å². The lowest BCUT2D eigenvalue weighted by atomic mass is 10.2. The zero-order valence-electron chi connectivity index (χ0n) is 9.55. The minimum atomic E-state index is -0.195. The lowest BCUT2D eigenvalue weighted by Crippen LogP contribution is -2.01. The van der Waals surface area contributed by atoms with E-state index in [1.807, 2.05) is 35.7 Å². The Labute approximate surface area is 104 Å². The number of carbonyl (C=O) groups is 1. The number of aromatic nitrogens is 1. The van der Waals surface area contributed by atoms with Gasteiger partial charge in [-0.2, -0.15) is 0 Å². The van der Waals surface area contributed by atoms with Crippen LogP contribution in [0.4, 0.5) is 0 Å². The number of thiazole rings is 1. The third kappa shape index (κ3) is 3.14. The van der Waals surface area contributed by atoms with Gasteiger partial charge in [0.15, 0.2) is 0 Å². The molecule has 0 atom stereocenters. The highest BCUT2D eigenvalue weighted by Gasteiger charge is 2.06. The lowest BCUT2D eigenvalue weighted by molar-refractivity contribution is -0.140. The molecule has 2 rings (SSSR count). The Morgan fingerprint density at radius 2 is 2.12 bits per heavy atom. The van der Waals surface area contributed by atoms with E-state index in [0.29, 0.717) is 12.8 Å².